The predicted molar refractivity (Wildman–Crippen MR) is 88.0 cm³/mol. The number of carbonyl (C=O) groups excluding carboxylic acids is 2. The quantitative estimate of drug-likeness (QED) is 0.800. The van der Waals surface area contributed by atoms with Crippen molar-refractivity contribution in [2.75, 3.05) is 6.61 Å². The first kappa shape index (κ1) is 16.2. The van der Waals surface area contributed by atoms with E-state index >= 15 is 0 Å². The molecule has 22 heavy (non-hydrogen) atoms. The van der Waals surface area contributed by atoms with Crippen LogP contribution in [0.25, 0.3) is 0 Å². The highest BCUT2D eigenvalue weighted by atomic mass is 79.9. The number of amides is 1. The molecule has 0 spiro atoms. The van der Waals surface area contributed by atoms with E-state index in [1.54, 1.807) is 24.3 Å². The molecule has 1 atom stereocenters. The number of aldehydes is 1. The van der Waals surface area contributed by atoms with Crippen LogP contribution >= 0.6 is 15.9 Å². The number of nitrogens with one attached hydrogen (secondary N) is 1. The van der Waals surface area contributed by atoms with E-state index in [2.05, 4.69) is 21.2 Å². The van der Waals surface area contributed by atoms with Gasteiger partial charge in [0.25, 0.3) is 5.91 Å². The fourth-order valence-electron chi connectivity index (χ4n) is 1.97. The van der Waals surface area contributed by atoms with Gasteiger partial charge in [0.15, 0.2) is 12.9 Å². The number of ether oxygens (including phenoxy) is 1. The van der Waals surface area contributed by atoms with Crippen LogP contribution in [0, 0.1) is 0 Å². The Morgan fingerprint density at radius 3 is 2.59 bits per heavy atom. The highest BCUT2D eigenvalue weighted by Gasteiger charge is 2.11. The number of halogens is 1. The van der Waals surface area contributed by atoms with Crippen molar-refractivity contribution in [2.45, 2.75) is 13.0 Å². The van der Waals surface area contributed by atoms with Crippen molar-refractivity contribution in [2.24, 2.45) is 0 Å². The lowest BCUT2D eigenvalue weighted by atomic mass is 10.1. The molecule has 2 aromatic carbocycles. The molecule has 0 aliphatic carbocycles. The van der Waals surface area contributed by atoms with E-state index in [0.717, 1.165) is 10.0 Å². The summed E-state index contributed by atoms with van der Waals surface area (Å²) in [4.78, 5) is 22.8. The number of hydrogen-bond donors (Lipinski definition) is 1. The van der Waals surface area contributed by atoms with E-state index in [9.17, 15) is 9.59 Å². The maximum absolute atomic E-state index is 11.9. The fraction of sp³-hybridized carbons (Fsp3) is 0.176. The Hall–Kier alpha value is -2.14. The molecule has 1 N–H and O–H groups in total. The van der Waals surface area contributed by atoms with Crippen LogP contribution < -0.4 is 10.1 Å². The van der Waals surface area contributed by atoms with Crippen LogP contribution in [0.2, 0.25) is 0 Å². The van der Waals surface area contributed by atoms with Gasteiger partial charge in [-0.3, -0.25) is 9.59 Å². The molecule has 0 saturated carbocycles. The maximum Gasteiger partial charge on any atom is 0.258 e. The lowest BCUT2D eigenvalue weighted by Gasteiger charge is -2.15. The Morgan fingerprint density at radius 1 is 1.23 bits per heavy atom. The first-order chi connectivity index (χ1) is 10.6. The van der Waals surface area contributed by atoms with Crippen molar-refractivity contribution in [3.63, 3.8) is 0 Å². The summed E-state index contributed by atoms with van der Waals surface area (Å²) in [6.45, 7) is 1.77. The van der Waals surface area contributed by atoms with Gasteiger partial charge in [0.2, 0.25) is 0 Å². The van der Waals surface area contributed by atoms with Gasteiger partial charge >= 0.3 is 0 Å². The molecule has 0 aliphatic heterocycles. The summed E-state index contributed by atoms with van der Waals surface area (Å²) < 4.78 is 6.38. The highest BCUT2D eigenvalue weighted by Crippen LogP contribution is 2.17. The van der Waals surface area contributed by atoms with Crippen molar-refractivity contribution >= 4 is 28.1 Å². The number of para-hydroxylation sites is 1. The van der Waals surface area contributed by atoms with Crippen LogP contribution in [0.4, 0.5) is 0 Å². The monoisotopic (exact) mass is 361 g/mol. The lowest BCUT2D eigenvalue weighted by Crippen LogP contribution is -2.31. The molecule has 0 fully saturated rings. The minimum atomic E-state index is -0.240. The van der Waals surface area contributed by atoms with Gasteiger partial charge in [-0.25, -0.2) is 0 Å². The fourth-order valence-corrected chi connectivity index (χ4v) is 2.23. The molecule has 4 nitrogen and oxygen atoms in total. The Morgan fingerprint density at radius 2 is 1.91 bits per heavy atom. The molecule has 0 bridgehead atoms. The zero-order chi connectivity index (χ0) is 15.9. The molecule has 114 valence electrons. The van der Waals surface area contributed by atoms with E-state index in [-0.39, 0.29) is 18.6 Å². The second kappa shape index (κ2) is 7.75. The van der Waals surface area contributed by atoms with Crippen molar-refractivity contribution in [3.8, 4) is 5.75 Å². The van der Waals surface area contributed by atoms with Gasteiger partial charge in [-0.1, -0.05) is 40.2 Å². The number of carbonyl (C=O) groups is 2. The van der Waals surface area contributed by atoms with Gasteiger partial charge in [0.1, 0.15) is 5.75 Å². The summed E-state index contributed by atoms with van der Waals surface area (Å²) in [5.41, 5.74) is 1.43. The molecule has 0 radical (unpaired) electrons. The van der Waals surface area contributed by atoms with Gasteiger partial charge < -0.3 is 10.1 Å². The molecule has 0 saturated heterocycles. The molecule has 2 rings (SSSR count). The molecule has 1 amide bonds. The minimum absolute atomic E-state index is 0.120. The molecule has 5 heteroatoms. The van der Waals surface area contributed by atoms with E-state index in [1.165, 1.54) is 0 Å². The molecule has 0 heterocycles. The molecule has 2 aromatic rings. The Labute approximate surface area is 137 Å². The molecule has 0 aliphatic rings. The summed E-state index contributed by atoms with van der Waals surface area (Å²) >= 11 is 3.37. The van der Waals surface area contributed by atoms with Crippen molar-refractivity contribution in [1.82, 2.24) is 5.32 Å². The number of rotatable bonds is 6. The van der Waals surface area contributed by atoms with Gasteiger partial charge in [0.05, 0.1) is 11.6 Å². The second-order valence-electron chi connectivity index (χ2n) is 4.79. The van der Waals surface area contributed by atoms with E-state index in [0.29, 0.717) is 17.6 Å². The van der Waals surface area contributed by atoms with Gasteiger partial charge in [0, 0.05) is 4.47 Å². The van der Waals surface area contributed by atoms with E-state index in [1.807, 2.05) is 31.2 Å². The predicted octanol–water partition coefficient (Wildman–Crippen LogP) is 3.52. The van der Waals surface area contributed by atoms with Crippen LogP contribution in [0.3, 0.4) is 0 Å². The Kier molecular flexibility index (Phi) is 5.72. The average Bonchev–Trinajstić information content (AvgIpc) is 2.53. The standard InChI is InChI=1S/C17H16BrNO3/c1-12(13-6-8-15(18)9-7-13)19-17(21)11-22-16-5-3-2-4-14(16)10-20/h2-10,12H,11H2,1H3,(H,19,21). The summed E-state index contributed by atoms with van der Waals surface area (Å²) in [6, 6.07) is 14.4. The van der Waals surface area contributed by atoms with Crippen LogP contribution in [0.15, 0.2) is 53.0 Å². The van der Waals surface area contributed by atoms with Crippen molar-refractivity contribution < 1.29 is 14.3 Å². The largest absolute Gasteiger partial charge is 0.483 e. The highest BCUT2D eigenvalue weighted by molar-refractivity contribution is 9.10. The Balaban J connectivity index is 1.90. The van der Waals surface area contributed by atoms with Gasteiger partial charge in [-0.2, -0.15) is 0 Å². The van der Waals surface area contributed by atoms with E-state index < -0.39 is 0 Å². The van der Waals surface area contributed by atoms with Gasteiger partial charge in [-0.05, 0) is 36.8 Å². The zero-order valence-electron chi connectivity index (χ0n) is 12.1. The molecular formula is C17H16BrNO3. The third kappa shape index (κ3) is 4.43. The smallest absolute Gasteiger partial charge is 0.258 e. The number of benzene rings is 2. The first-order valence-electron chi connectivity index (χ1n) is 6.82. The maximum atomic E-state index is 11.9. The summed E-state index contributed by atoms with van der Waals surface area (Å²) in [5.74, 6) is 0.167. The molecule has 1 unspecified atom stereocenters. The van der Waals surface area contributed by atoms with Crippen molar-refractivity contribution in [1.29, 1.82) is 0 Å². The van der Waals surface area contributed by atoms with Crippen molar-refractivity contribution in [3.05, 3.63) is 64.1 Å². The first-order valence-corrected chi connectivity index (χ1v) is 7.61. The third-order valence-electron chi connectivity index (χ3n) is 3.15. The second-order valence-corrected chi connectivity index (χ2v) is 5.70. The SMILES string of the molecule is CC(NC(=O)COc1ccccc1C=O)c1ccc(Br)cc1. The van der Waals surface area contributed by atoms with Crippen LogP contribution in [-0.2, 0) is 4.79 Å². The summed E-state index contributed by atoms with van der Waals surface area (Å²) in [5, 5.41) is 2.86. The Bertz CT molecular complexity index is 655. The zero-order valence-corrected chi connectivity index (χ0v) is 13.7. The normalized spacial score (nSPS) is 11.5. The topological polar surface area (TPSA) is 55.4 Å². The van der Waals surface area contributed by atoms with Crippen LogP contribution in [-0.4, -0.2) is 18.8 Å². The molecule has 0 aromatic heterocycles. The van der Waals surface area contributed by atoms with Crippen LogP contribution in [0.1, 0.15) is 28.9 Å². The third-order valence-corrected chi connectivity index (χ3v) is 3.68. The summed E-state index contributed by atoms with van der Waals surface area (Å²) in [7, 11) is 0. The van der Waals surface area contributed by atoms with Crippen LogP contribution in [0.5, 0.6) is 5.75 Å². The van der Waals surface area contributed by atoms with Gasteiger partial charge in [-0.15, -0.1) is 0 Å². The lowest BCUT2D eigenvalue weighted by molar-refractivity contribution is -0.123. The molecular weight excluding hydrogens is 346 g/mol. The average molecular weight is 362 g/mol. The van der Waals surface area contributed by atoms with E-state index in [4.69, 9.17) is 4.74 Å². The summed E-state index contributed by atoms with van der Waals surface area (Å²) in [6.07, 6.45) is 0.706. The minimum Gasteiger partial charge on any atom is -0.483 e. The number of hydrogen-bond acceptors (Lipinski definition) is 3.